The molecule has 0 radical (unpaired) electrons. The fraction of sp³-hybridized carbons (Fsp3) is 0. The molecule has 2 aromatic heterocycles. The maximum atomic E-state index is 5.54. The number of nitrogens with zero attached hydrogens (tertiary/aromatic N) is 2. The molecule has 0 amide bonds. The molecule has 0 bridgehead atoms. The predicted molar refractivity (Wildman–Crippen MR) is 42.0 cm³/mol. The van der Waals surface area contributed by atoms with Gasteiger partial charge in [-0.2, -0.15) is 0 Å². The highest BCUT2D eigenvalue weighted by molar-refractivity contribution is 7.07. The van der Waals surface area contributed by atoms with Gasteiger partial charge in [0.2, 0.25) is 5.76 Å². The number of aromatic nitrogens is 2. The van der Waals surface area contributed by atoms with Crippen LogP contribution in [0.5, 0.6) is 0 Å². The topological polar surface area (TPSA) is 64.9 Å². The second-order valence-corrected chi connectivity index (χ2v) is 2.70. The van der Waals surface area contributed by atoms with Crippen LogP contribution in [0, 0.1) is 0 Å². The van der Waals surface area contributed by atoms with E-state index in [1.807, 2.05) is 5.38 Å². The molecule has 2 N–H and O–H groups in total. The van der Waals surface area contributed by atoms with Crippen molar-refractivity contribution in [3.63, 3.8) is 0 Å². The largest absolute Gasteiger partial charge is 0.394 e. The van der Waals surface area contributed by atoms with Gasteiger partial charge in [-0.15, -0.1) is 11.3 Å². The van der Waals surface area contributed by atoms with Crippen molar-refractivity contribution < 1.29 is 4.52 Å². The predicted octanol–water partition coefficient (Wildman–Crippen LogP) is 1.38. The molecule has 0 spiro atoms. The fourth-order valence-electron chi connectivity index (χ4n) is 0.766. The van der Waals surface area contributed by atoms with Gasteiger partial charge in [-0.3, -0.25) is 0 Å². The highest BCUT2D eigenvalue weighted by Gasteiger charge is 2.08. The van der Waals surface area contributed by atoms with Crippen molar-refractivity contribution >= 4 is 17.0 Å². The number of rotatable bonds is 1. The molecule has 0 aliphatic carbocycles. The van der Waals surface area contributed by atoms with Gasteiger partial charge in [-0.1, -0.05) is 5.16 Å². The Kier molecular flexibility index (Phi) is 1.36. The zero-order chi connectivity index (χ0) is 7.68. The van der Waals surface area contributed by atoms with Gasteiger partial charge in [0.25, 0.3) is 0 Å². The summed E-state index contributed by atoms with van der Waals surface area (Å²) in [5.41, 5.74) is 8.52. The average Bonchev–Trinajstić information content (AvgIpc) is 2.55. The summed E-state index contributed by atoms with van der Waals surface area (Å²) in [6, 6.07) is 0. The number of hydrogen-bond acceptors (Lipinski definition) is 5. The summed E-state index contributed by atoms with van der Waals surface area (Å²) in [4.78, 5) is 4.02. The van der Waals surface area contributed by atoms with Crippen molar-refractivity contribution in [2.45, 2.75) is 0 Å². The van der Waals surface area contributed by atoms with Crippen LogP contribution in [0.3, 0.4) is 0 Å². The third kappa shape index (κ3) is 0.988. The summed E-state index contributed by atoms with van der Waals surface area (Å²) in [7, 11) is 0. The lowest BCUT2D eigenvalue weighted by Gasteiger charge is -1.87. The van der Waals surface area contributed by atoms with E-state index in [9.17, 15) is 0 Å². The Balaban J connectivity index is 2.53. The van der Waals surface area contributed by atoms with Crippen LogP contribution in [-0.4, -0.2) is 10.1 Å². The van der Waals surface area contributed by atoms with E-state index >= 15 is 0 Å². The van der Waals surface area contributed by atoms with Gasteiger partial charge in [0, 0.05) is 5.38 Å². The first-order valence-corrected chi connectivity index (χ1v) is 3.91. The third-order valence-electron chi connectivity index (χ3n) is 1.26. The zero-order valence-corrected chi connectivity index (χ0v) is 6.34. The molecule has 0 aliphatic heterocycles. The lowest BCUT2D eigenvalue weighted by Crippen LogP contribution is -1.83. The number of anilines is 1. The second kappa shape index (κ2) is 2.35. The van der Waals surface area contributed by atoms with Crippen LogP contribution < -0.4 is 5.73 Å². The van der Waals surface area contributed by atoms with Crippen LogP contribution in [0.4, 0.5) is 5.69 Å². The van der Waals surface area contributed by atoms with Gasteiger partial charge in [-0.25, -0.2) is 4.98 Å². The van der Waals surface area contributed by atoms with Crippen molar-refractivity contribution in [2.24, 2.45) is 0 Å². The molecule has 0 saturated carbocycles. The van der Waals surface area contributed by atoms with E-state index in [-0.39, 0.29) is 0 Å². The lowest BCUT2D eigenvalue weighted by molar-refractivity contribution is 0.431. The molecule has 2 heterocycles. The number of nitrogen functional groups attached to an aromatic ring is 1. The van der Waals surface area contributed by atoms with Gasteiger partial charge in [0.1, 0.15) is 11.4 Å². The highest BCUT2D eigenvalue weighted by atomic mass is 32.1. The van der Waals surface area contributed by atoms with E-state index in [1.165, 1.54) is 17.5 Å². The van der Waals surface area contributed by atoms with Crippen LogP contribution in [0.2, 0.25) is 0 Å². The maximum Gasteiger partial charge on any atom is 0.208 e. The van der Waals surface area contributed by atoms with Crippen LogP contribution in [0.1, 0.15) is 0 Å². The van der Waals surface area contributed by atoms with Crippen LogP contribution in [0.15, 0.2) is 21.6 Å². The number of thiazole rings is 1. The molecule has 0 atom stereocenters. The molecule has 0 aromatic carbocycles. The number of hydrogen-bond donors (Lipinski definition) is 1. The minimum absolute atomic E-state index is 0.524. The van der Waals surface area contributed by atoms with Crippen LogP contribution >= 0.6 is 11.3 Å². The molecule has 2 rings (SSSR count). The lowest BCUT2D eigenvalue weighted by atomic mass is 10.3. The Labute approximate surface area is 66.7 Å². The van der Waals surface area contributed by atoms with E-state index in [0.29, 0.717) is 11.4 Å². The van der Waals surface area contributed by atoms with Crippen molar-refractivity contribution in [3.8, 4) is 11.5 Å². The number of nitrogens with two attached hydrogens (primary N) is 1. The van der Waals surface area contributed by atoms with E-state index in [0.717, 1.165) is 5.69 Å². The summed E-state index contributed by atoms with van der Waals surface area (Å²) < 4.78 is 4.88. The van der Waals surface area contributed by atoms with Crippen molar-refractivity contribution in [1.82, 2.24) is 10.1 Å². The van der Waals surface area contributed by atoms with Gasteiger partial charge < -0.3 is 10.3 Å². The second-order valence-electron chi connectivity index (χ2n) is 1.98. The first-order valence-electron chi connectivity index (χ1n) is 2.96. The van der Waals surface area contributed by atoms with E-state index in [4.69, 9.17) is 10.3 Å². The Morgan fingerprint density at radius 2 is 2.45 bits per heavy atom. The molecule has 0 saturated heterocycles. The zero-order valence-electron chi connectivity index (χ0n) is 5.52. The molecule has 0 unspecified atom stereocenters. The summed E-state index contributed by atoms with van der Waals surface area (Å²) >= 11 is 1.49. The molecule has 0 aliphatic rings. The molecular formula is C6H5N3OS. The van der Waals surface area contributed by atoms with Gasteiger partial charge in [-0.05, 0) is 0 Å². The van der Waals surface area contributed by atoms with Crippen molar-refractivity contribution in [2.75, 3.05) is 5.73 Å². The third-order valence-corrected chi connectivity index (χ3v) is 1.85. The van der Waals surface area contributed by atoms with Crippen LogP contribution in [-0.2, 0) is 0 Å². The van der Waals surface area contributed by atoms with Gasteiger partial charge >= 0.3 is 0 Å². The Morgan fingerprint density at radius 1 is 1.55 bits per heavy atom. The minimum Gasteiger partial charge on any atom is -0.394 e. The van der Waals surface area contributed by atoms with Crippen LogP contribution in [0.25, 0.3) is 11.5 Å². The summed E-state index contributed by atoms with van der Waals surface area (Å²) in [6.07, 6.45) is 1.47. The molecule has 11 heavy (non-hydrogen) atoms. The Hall–Kier alpha value is -1.36. The summed E-state index contributed by atoms with van der Waals surface area (Å²) in [6.45, 7) is 0. The average molecular weight is 167 g/mol. The van der Waals surface area contributed by atoms with Crippen molar-refractivity contribution in [1.29, 1.82) is 0 Å². The highest BCUT2D eigenvalue weighted by Crippen LogP contribution is 2.24. The van der Waals surface area contributed by atoms with E-state index in [1.54, 1.807) is 5.51 Å². The molecule has 4 nitrogen and oxygen atoms in total. The fourth-order valence-corrected chi connectivity index (χ4v) is 1.30. The quantitative estimate of drug-likeness (QED) is 0.696. The molecule has 2 aromatic rings. The maximum absolute atomic E-state index is 5.54. The minimum atomic E-state index is 0.524. The smallest absolute Gasteiger partial charge is 0.208 e. The molecule has 5 heteroatoms. The summed E-state index contributed by atoms with van der Waals surface area (Å²) in [5.74, 6) is 0.547. The SMILES string of the molecule is Nc1cnoc1-c1cscn1. The van der Waals surface area contributed by atoms with E-state index < -0.39 is 0 Å². The monoisotopic (exact) mass is 167 g/mol. The molecule has 0 fully saturated rings. The van der Waals surface area contributed by atoms with Gasteiger partial charge in [0.05, 0.1) is 11.7 Å². The standard InChI is InChI=1S/C6H5N3OS/c7-4-1-9-10-6(4)5-2-11-3-8-5/h1-3H,7H2. The van der Waals surface area contributed by atoms with E-state index in [2.05, 4.69) is 10.1 Å². The normalized spacial score (nSPS) is 10.2. The summed E-state index contributed by atoms with van der Waals surface area (Å²) in [5, 5.41) is 5.40. The first kappa shape index (κ1) is 6.36. The first-order chi connectivity index (χ1) is 5.38. The van der Waals surface area contributed by atoms with Crippen molar-refractivity contribution in [3.05, 3.63) is 17.1 Å². The van der Waals surface area contributed by atoms with Gasteiger partial charge in [0.15, 0.2) is 0 Å². The Bertz CT molecular complexity index is 340. The molecule has 56 valence electrons. The molecular weight excluding hydrogens is 162 g/mol. The Morgan fingerprint density at radius 3 is 3.00 bits per heavy atom.